The summed E-state index contributed by atoms with van der Waals surface area (Å²) in [5.41, 5.74) is 4.14. The molecule has 1 heterocycles. The van der Waals surface area contributed by atoms with Crippen molar-refractivity contribution in [2.24, 2.45) is 0 Å². The standard InChI is InChI=1S/C24H31N3OS2/c1-6-26(7-2)14-15-27(23(28)19-10-9-11-20(16-19)29-8-3)24-25-22-18(5)17(4)12-13-21(22)30-24/h9-13,16H,6-8,14-15H2,1-5H3. The Morgan fingerprint density at radius 3 is 2.53 bits per heavy atom. The van der Waals surface area contributed by atoms with Crippen molar-refractivity contribution in [3.05, 3.63) is 53.1 Å². The number of nitrogens with zero attached hydrogens (tertiary/aromatic N) is 3. The molecule has 0 bridgehead atoms. The van der Waals surface area contributed by atoms with Crippen molar-refractivity contribution in [3.8, 4) is 0 Å². The lowest BCUT2D eigenvalue weighted by Crippen LogP contribution is -2.38. The fourth-order valence-corrected chi connectivity index (χ4v) is 5.20. The van der Waals surface area contributed by atoms with E-state index in [4.69, 9.17) is 4.98 Å². The van der Waals surface area contributed by atoms with Gasteiger partial charge in [0.05, 0.1) is 10.2 Å². The van der Waals surface area contributed by atoms with Crippen LogP contribution in [0.2, 0.25) is 0 Å². The summed E-state index contributed by atoms with van der Waals surface area (Å²) in [6.45, 7) is 14.1. The van der Waals surface area contributed by atoms with Crippen LogP contribution in [0.1, 0.15) is 42.3 Å². The molecule has 0 radical (unpaired) electrons. The molecule has 2 aromatic carbocycles. The zero-order chi connectivity index (χ0) is 21.7. The molecule has 1 amide bonds. The highest BCUT2D eigenvalue weighted by atomic mass is 32.2. The molecule has 0 spiro atoms. The Balaban J connectivity index is 1.99. The van der Waals surface area contributed by atoms with E-state index >= 15 is 0 Å². The molecule has 0 aliphatic rings. The number of carbonyl (C=O) groups excluding carboxylic acids is 1. The smallest absolute Gasteiger partial charge is 0.260 e. The average molecular weight is 442 g/mol. The number of aromatic nitrogens is 1. The molecule has 0 N–H and O–H groups in total. The van der Waals surface area contributed by atoms with Crippen molar-refractivity contribution >= 4 is 44.4 Å². The first kappa shape index (κ1) is 22.8. The molecule has 0 saturated heterocycles. The van der Waals surface area contributed by atoms with Crippen LogP contribution in [0.25, 0.3) is 10.2 Å². The largest absolute Gasteiger partial charge is 0.302 e. The van der Waals surface area contributed by atoms with Gasteiger partial charge in [0.1, 0.15) is 0 Å². The van der Waals surface area contributed by atoms with Crippen molar-refractivity contribution in [1.29, 1.82) is 0 Å². The normalized spacial score (nSPS) is 11.4. The highest BCUT2D eigenvalue weighted by Gasteiger charge is 2.22. The van der Waals surface area contributed by atoms with Gasteiger partial charge >= 0.3 is 0 Å². The molecule has 6 heteroatoms. The Morgan fingerprint density at radius 1 is 1.07 bits per heavy atom. The summed E-state index contributed by atoms with van der Waals surface area (Å²) >= 11 is 3.36. The number of fused-ring (bicyclic) bond motifs is 1. The zero-order valence-electron chi connectivity index (χ0n) is 18.6. The van der Waals surface area contributed by atoms with Gasteiger partial charge < -0.3 is 4.90 Å². The Hall–Kier alpha value is -1.89. The molecule has 0 saturated carbocycles. The molecule has 1 aromatic heterocycles. The lowest BCUT2D eigenvalue weighted by atomic mass is 10.1. The van der Waals surface area contributed by atoms with Gasteiger partial charge in [-0.2, -0.15) is 0 Å². The van der Waals surface area contributed by atoms with E-state index < -0.39 is 0 Å². The van der Waals surface area contributed by atoms with Crippen molar-refractivity contribution in [2.75, 3.05) is 36.8 Å². The summed E-state index contributed by atoms with van der Waals surface area (Å²) in [7, 11) is 0. The number of likely N-dealkylation sites (N-methyl/N-ethyl adjacent to an activating group) is 1. The third kappa shape index (κ3) is 5.05. The molecular formula is C24H31N3OS2. The van der Waals surface area contributed by atoms with E-state index in [1.165, 1.54) is 11.1 Å². The van der Waals surface area contributed by atoms with Crippen LogP contribution in [0.5, 0.6) is 0 Å². The topological polar surface area (TPSA) is 36.4 Å². The molecule has 3 aromatic rings. The first-order chi connectivity index (χ1) is 14.5. The fraction of sp³-hybridized carbons (Fsp3) is 0.417. The van der Waals surface area contributed by atoms with E-state index in [2.05, 4.69) is 57.7 Å². The molecule has 0 fully saturated rings. The van der Waals surface area contributed by atoms with Crippen LogP contribution in [0.4, 0.5) is 5.13 Å². The van der Waals surface area contributed by atoms with Crippen LogP contribution in [0.15, 0.2) is 41.3 Å². The van der Waals surface area contributed by atoms with Gasteiger partial charge in [-0.05, 0) is 68.1 Å². The number of amides is 1. The fourth-order valence-electron chi connectivity index (χ4n) is 3.44. The SMILES string of the molecule is CCSc1cccc(C(=O)N(CCN(CC)CC)c2nc3c(C)c(C)ccc3s2)c1. The molecule has 0 atom stereocenters. The van der Waals surface area contributed by atoms with Crippen LogP contribution in [-0.2, 0) is 0 Å². The Morgan fingerprint density at radius 2 is 1.83 bits per heavy atom. The number of thioether (sulfide) groups is 1. The van der Waals surface area contributed by atoms with Gasteiger partial charge in [-0.15, -0.1) is 11.8 Å². The third-order valence-corrected chi connectivity index (χ3v) is 7.40. The summed E-state index contributed by atoms with van der Waals surface area (Å²) in [6.07, 6.45) is 0. The first-order valence-electron chi connectivity index (χ1n) is 10.6. The van der Waals surface area contributed by atoms with Gasteiger partial charge in [-0.25, -0.2) is 4.98 Å². The van der Waals surface area contributed by atoms with Crippen molar-refractivity contribution < 1.29 is 4.79 Å². The second kappa shape index (κ2) is 10.4. The quantitative estimate of drug-likeness (QED) is 0.381. The van der Waals surface area contributed by atoms with E-state index in [1.54, 1.807) is 23.1 Å². The monoisotopic (exact) mass is 441 g/mol. The van der Waals surface area contributed by atoms with Crippen LogP contribution < -0.4 is 4.90 Å². The van der Waals surface area contributed by atoms with Gasteiger partial charge in [-0.1, -0.05) is 44.2 Å². The number of rotatable bonds is 9. The van der Waals surface area contributed by atoms with Crippen LogP contribution in [0, 0.1) is 13.8 Å². The van der Waals surface area contributed by atoms with Crippen LogP contribution in [0.3, 0.4) is 0 Å². The molecule has 0 aliphatic heterocycles. The minimum Gasteiger partial charge on any atom is -0.302 e. The maximum Gasteiger partial charge on any atom is 0.260 e. The lowest BCUT2D eigenvalue weighted by molar-refractivity contribution is 0.0983. The molecule has 0 aliphatic carbocycles. The minimum atomic E-state index is 0.0224. The predicted molar refractivity (Wildman–Crippen MR) is 131 cm³/mol. The molecule has 3 rings (SSSR count). The number of benzene rings is 2. The van der Waals surface area contributed by atoms with Crippen LogP contribution >= 0.6 is 23.1 Å². The molecule has 160 valence electrons. The number of hydrogen-bond donors (Lipinski definition) is 0. The summed E-state index contributed by atoms with van der Waals surface area (Å²) in [5, 5.41) is 0.782. The number of anilines is 1. The van der Waals surface area contributed by atoms with Crippen molar-refractivity contribution in [2.45, 2.75) is 39.5 Å². The van der Waals surface area contributed by atoms with Gasteiger partial charge in [0, 0.05) is 23.5 Å². The molecule has 0 unspecified atom stereocenters. The first-order valence-corrected chi connectivity index (χ1v) is 12.4. The van der Waals surface area contributed by atoms with Crippen molar-refractivity contribution in [1.82, 2.24) is 9.88 Å². The van der Waals surface area contributed by atoms with Gasteiger partial charge in [0.15, 0.2) is 5.13 Å². The third-order valence-electron chi connectivity index (χ3n) is 5.48. The molecule has 4 nitrogen and oxygen atoms in total. The summed E-state index contributed by atoms with van der Waals surface area (Å²) in [5.74, 6) is 1.01. The summed E-state index contributed by atoms with van der Waals surface area (Å²) in [4.78, 5) is 23.8. The Bertz CT molecular complexity index is 1010. The molecular weight excluding hydrogens is 410 g/mol. The minimum absolute atomic E-state index is 0.0224. The highest BCUT2D eigenvalue weighted by molar-refractivity contribution is 7.99. The maximum atomic E-state index is 13.6. The number of carbonyl (C=O) groups is 1. The van der Waals surface area contributed by atoms with Gasteiger partial charge in [0.2, 0.25) is 0 Å². The lowest BCUT2D eigenvalue weighted by Gasteiger charge is -2.25. The second-order valence-corrected chi connectivity index (χ2v) is 9.64. The van der Waals surface area contributed by atoms with Gasteiger partial charge in [0.25, 0.3) is 5.91 Å². The van der Waals surface area contributed by atoms with Crippen LogP contribution in [-0.4, -0.2) is 47.7 Å². The predicted octanol–water partition coefficient (Wildman–Crippen LogP) is 6.01. The van der Waals surface area contributed by atoms with Gasteiger partial charge in [-0.3, -0.25) is 9.69 Å². The molecule has 30 heavy (non-hydrogen) atoms. The highest BCUT2D eigenvalue weighted by Crippen LogP contribution is 2.33. The van der Waals surface area contributed by atoms with E-state index in [0.717, 1.165) is 51.2 Å². The summed E-state index contributed by atoms with van der Waals surface area (Å²) < 4.78 is 1.13. The average Bonchev–Trinajstić information content (AvgIpc) is 3.19. The number of thiazole rings is 1. The Kier molecular flexibility index (Phi) is 7.92. The Labute approximate surface area is 188 Å². The van der Waals surface area contributed by atoms with E-state index in [9.17, 15) is 4.79 Å². The van der Waals surface area contributed by atoms with E-state index in [0.29, 0.717) is 6.54 Å². The van der Waals surface area contributed by atoms with Crippen molar-refractivity contribution in [3.63, 3.8) is 0 Å². The second-order valence-electron chi connectivity index (χ2n) is 7.30. The van der Waals surface area contributed by atoms with E-state index in [1.807, 2.05) is 23.1 Å². The number of hydrogen-bond acceptors (Lipinski definition) is 5. The van der Waals surface area contributed by atoms with E-state index in [-0.39, 0.29) is 5.91 Å². The number of aryl methyl sites for hydroxylation is 2. The maximum absolute atomic E-state index is 13.6. The summed E-state index contributed by atoms with van der Waals surface area (Å²) in [6, 6.07) is 12.2. The zero-order valence-corrected chi connectivity index (χ0v) is 20.2.